The summed E-state index contributed by atoms with van der Waals surface area (Å²) in [5, 5.41) is 21.7. The summed E-state index contributed by atoms with van der Waals surface area (Å²) in [6.07, 6.45) is 1.05. The highest BCUT2D eigenvalue weighted by Gasteiger charge is 2.46. The molecule has 1 aliphatic heterocycles. The topological polar surface area (TPSA) is 64.4 Å². The van der Waals surface area contributed by atoms with Crippen LogP contribution in [0.3, 0.4) is 0 Å². The van der Waals surface area contributed by atoms with Crippen molar-refractivity contribution in [2.75, 3.05) is 4.90 Å². The summed E-state index contributed by atoms with van der Waals surface area (Å²) in [5.41, 5.74) is 4.95. The number of para-hydroxylation sites is 1. The molecule has 0 aromatic heterocycles. The lowest BCUT2D eigenvalue weighted by molar-refractivity contribution is -0.118. The number of aliphatic hydroxyl groups is 1. The predicted octanol–water partition coefficient (Wildman–Crippen LogP) is 7.84. The largest absolute Gasteiger partial charge is 0.507 e. The van der Waals surface area contributed by atoms with Gasteiger partial charge in [0.2, 0.25) is 0 Å². The highest BCUT2D eigenvalue weighted by Crippen LogP contribution is 2.51. The molecule has 5 rings (SSSR count). The number of hydrogen-bond acceptors (Lipinski definition) is 3. The number of hydrogen-bond donors (Lipinski definition) is 2. The van der Waals surface area contributed by atoms with Gasteiger partial charge < -0.3 is 5.11 Å². The number of ketones is 1. The molecule has 3 aromatic rings. The van der Waals surface area contributed by atoms with E-state index in [1.54, 1.807) is 12.1 Å². The molecule has 1 aliphatic carbocycles. The van der Waals surface area contributed by atoms with Crippen molar-refractivity contribution in [2.45, 2.75) is 39.5 Å². The molecule has 5 heteroatoms. The first-order valence-electron chi connectivity index (χ1n) is 12.1. The van der Waals surface area contributed by atoms with Crippen LogP contribution in [0.1, 0.15) is 49.3 Å². The van der Waals surface area contributed by atoms with Gasteiger partial charge in [-0.25, -0.2) is 0 Å². The van der Waals surface area contributed by atoms with Crippen LogP contribution in [-0.4, -0.2) is 16.7 Å². The van der Waals surface area contributed by atoms with E-state index in [1.165, 1.54) is 0 Å². The SMILES string of the molecule is Cc1ccc(/C(O)=C2\C(=N)N(c3ccccc3)C3=C(C(=O)CC(C)(C)C3)C2c2ccc(Cl)cc2)cc1. The second-order valence-corrected chi connectivity index (χ2v) is 10.9. The summed E-state index contributed by atoms with van der Waals surface area (Å²) >= 11 is 6.20. The second-order valence-electron chi connectivity index (χ2n) is 10.4. The number of carbonyl (C=O) groups excluding carboxylic acids is 1. The Hall–Kier alpha value is -3.63. The van der Waals surface area contributed by atoms with Crippen LogP contribution in [0.4, 0.5) is 5.69 Å². The Kier molecular flexibility index (Phi) is 6.09. The summed E-state index contributed by atoms with van der Waals surface area (Å²) in [4.78, 5) is 15.7. The fraction of sp³-hybridized carbons (Fsp3) is 0.226. The van der Waals surface area contributed by atoms with E-state index in [0.29, 0.717) is 34.6 Å². The van der Waals surface area contributed by atoms with Crippen molar-refractivity contribution in [1.82, 2.24) is 0 Å². The molecule has 36 heavy (non-hydrogen) atoms. The number of anilines is 1. The van der Waals surface area contributed by atoms with Gasteiger partial charge in [0.15, 0.2) is 5.78 Å². The van der Waals surface area contributed by atoms with E-state index in [9.17, 15) is 15.3 Å². The fourth-order valence-electron chi connectivity index (χ4n) is 5.33. The van der Waals surface area contributed by atoms with Crippen LogP contribution in [0.15, 0.2) is 95.7 Å². The number of rotatable bonds is 3. The molecule has 182 valence electrons. The fourth-order valence-corrected chi connectivity index (χ4v) is 5.46. The monoisotopic (exact) mass is 496 g/mol. The van der Waals surface area contributed by atoms with Crippen molar-refractivity contribution in [3.8, 4) is 0 Å². The summed E-state index contributed by atoms with van der Waals surface area (Å²) in [6.45, 7) is 6.17. The number of halogens is 1. The van der Waals surface area contributed by atoms with E-state index < -0.39 is 5.92 Å². The Bertz CT molecular complexity index is 1400. The zero-order valence-electron chi connectivity index (χ0n) is 20.7. The third-order valence-electron chi connectivity index (χ3n) is 7.02. The lowest BCUT2D eigenvalue weighted by Gasteiger charge is -2.45. The maximum absolute atomic E-state index is 13.8. The number of aliphatic hydroxyl groups excluding tert-OH is 1. The molecule has 2 N–H and O–H groups in total. The van der Waals surface area contributed by atoms with Crippen LogP contribution in [0.25, 0.3) is 5.76 Å². The van der Waals surface area contributed by atoms with Crippen molar-refractivity contribution >= 4 is 34.7 Å². The molecule has 4 nitrogen and oxygen atoms in total. The molecule has 1 unspecified atom stereocenters. The molecule has 0 saturated carbocycles. The van der Waals surface area contributed by atoms with E-state index >= 15 is 0 Å². The number of nitrogens with one attached hydrogen (secondary N) is 1. The smallest absolute Gasteiger partial charge is 0.162 e. The highest BCUT2D eigenvalue weighted by molar-refractivity contribution is 6.30. The summed E-state index contributed by atoms with van der Waals surface area (Å²) in [7, 11) is 0. The molecule has 1 atom stereocenters. The summed E-state index contributed by atoms with van der Waals surface area (Å²) < 4.78 is 0. The van der Waals surface area contributed by atoms with E-state index in [1.807, 2.05) is 78.6 Å². The zero-order valence-corrected chi connectivity index (χ0v) is 21.4. The van der Waals surface area contributed by atoms with Gasteiger partial charge >= 0.3 is 0 Å². The van der Waals surface area contributed by atoms with Crippen molar-refractivity contribution in [2.24, 2.45) is 5.41 Å². The minimum atomic E-state index is -0.574. The Labute approximate surface area is 217 Å². The predicted molar refractivity (Wildman–Crippen MR) is 147 cm³/mol. The van der Waals surface area contributed by atoms with E-state index in [4.69, 9.17) is 11.6 Å². The number of allylic oxidation sites excluding steroid dienone is 2. The zero-order chi connectivity index (χ0) is 25.6. The maximum atomic E-state index is 13.8. The number of carbonyl (C=O) groups is 1. The third kappa shape index (κ3) is 4.27. The normalized spacial score (nSPS) is 20.9. The van der Waals surface area contributed by atoms with E-state index in [0.717, 1.165) is 22.5 Å². The van der Waals surface area contributed by atoms with Crippen LogP contribution in [0, 0.1) is 17.7 Å². The Morgan fingerprint density at radius 1 is 0.972 bits per heavy atom. The minimum Gasteiger partial charge on any atom is -0.507 e. The number of nitrogens with zero attached hydrogens (tertiary/aromatic N) is 1. The van der Waals surface area contributed by atoms with Crippen LogP contribution >= 0.6 is 11.6 Å². The Morgan fingerprint density at radius 3 is 2.25 bits per heavy atom. The number of amidine groups is 1. The highest BCUT2D eigenvalue weighted by atomic mass is 35.5. The average Bonchev–Trinajstić information content (AvgIpc) is 2.84. The molecule has 0 bridgehead atoms. The van der Waals surface area contributed by atoms with Gasteiger partial charge in [0, 0.05) is 45.5 Å². The van der Waals surface area contributed by atoms with Crippen molar-refractivity contribution < 1.29 is 9.90 Å². The lowest BCUT2D eigenvalue weighted by atomic mass is 9.67. The van der Waals surface area contributed by atoms with Crippen LogP contribution in [0.5, 0.6) is 0 Å². The molecule has 0 amide bonds. The minimum absolute atomic E-state index is 0.00469. The van der Waals surface area contributed by atoms with Gasteiger partial charge in [-0.15, -0.1) is 0 Å². The first kappa shape index (κ1) is 24.1. The summed E-state index contributed by atoms with van der Waals surface area (Å²) in [6, 6.07) is 24.6. The van der Waals surface area contributed by atoms with Crippen molar-refractivity contribution in [3.05, 3.63) is 117 Å². The molecule has 1 heterocycles. The van der Waals surface area contributed by atoms with Gasteiger partial charge in [0.1, 0.15) is 11.6 Å². The van der Waals surface area contributed by atoms with Gasteiger partial charge in [-0.3, -0.25) is 15.1 Å². The van der Waals surface area contributed by atoms with Gasteiger partial charge in [0.25, 0.3) is 0 Å². The van der Waals surface area contributed by atoms with Gasteiger partial charge in [0.05, 0.1) is 0 Å². The molecule has 0 saturated heterocycles. The molecule has 3 aromatic carbocycles. The molecular weight excluding hydrogens is 468 g/mol. The van der Waals surface area contributed by atoms with Gasteiger partial charge in [-0.2, -0.15) is 0 Å². The van der Waals surface area contributed by atoms with E-state index in [2.05, 4.69) is 13.8 Å². The quantitative estimate of drug-likeness (QED) is 0.363. The molecule has 0 spiro atoms. The standard InChI is InChI=1S/C31H29ClN2O2/c1-19-9-11-21(12-10-19)29(36)28-26(20-13-15-22(32)16-14-20)27-24(17-31(2,3)18-25(27)35)34(30(28)33)23-7-5-4-6-8-23/h4-16,26,33,36H,17-18H2,1-3H3/b29-28+,33-30?. The second kappa shape index (κ2) is 9.11. The molecular formula is C31H29ClN2O2. The number of benzene rings is 3. The van der Waals surface area contributed by atoms with Crippen LogP contribution in [-0.2, 0) is 4.79 Å². The Morgan fingerprint density at radius 2 is 1.61 bits per heavy atom. The molecule has 2 aliphatic rings. The summed E-state index contributed by atoms with van der Waals surface area (Å²) in [5.74, 6) is -0.355. The van der Waals surface area contributed by atoms with Crippen molar-refractivity contribution in [1.29, 1.82) is 5.41 Å². The van der Waals surface area contributed by atoms with Gasteiger partial charge in [-0.05, 0) is 48.6 Å². The van der Waals surface area contributed by atoms with Gasteiger partial charge in [-0.1, -0.05) is 85.6 Å². The maximum Gasteiger partial charge on any atom is 0.162 e. The van der Waals surface area contributed by atoms with E-state index in [-0.39, 0.29) is 22.8 Å². The van der Waals surface area contributed by atoms with Crippen LogP contribution in [0.2, 0.25) is 5.02 Å². The third-order valence-corrected chi connectivity index (χ3v) is 7.27. The van der Waals surface area contributed by atoms with Crippen molar-refractivity contribution in [3.63, 3.8) is 0 Å². The average molecular weight is 497 g/mol. The lowest BCUT2D eigenvalue weighted by Crippen LogP contribution is -2.45. The Balaban J connectivity index is 1.84. The first-order chi connectivity index (χ1) is 17.2. The molecule has 0 radical (unpaired) electrons. The number of aryl methyl sites for hydroxylation is 1. The van der Waals surface area contributed by atoms with Crippen LogP contribution < -0.4 is 4.90 Å². The first-order valence-corrected chi connectivity index (χ1v) is 12.5. The molecule has 0 fully saturated rings. The number of Topliss-reactive ketones (excluding diaryl/α,β-unsaturated/α-hetero) is 1.